The van der Waals surface area contributed by atoms with Crippen LogP contribution in [0.1, 0.15) is 36.4 Å². The van der Waals surface area contributed by atoms with E-state index >= 15 is 0 Å². The number of nitrogens with one attached hydrogen (secondary N) is 1. The Balaban J connectivity index is 1.64. The maximum atomic E-state index is 13.3. The Labute approximate surface area is 199 Å². The molecule has 1 N–H and O–H groups in total. The number of sulfonamides is 1. The molecule has 0 spiro atoms. The van der Waals surface area contributed by atoms with Gasteiger partial charge in [0.2, 0.25) is 10.0 Å². The number of hydrogen-bond acceptors (Lipinski definition) is 6. The average Bonchev–Trinajstić information content (AvgIpc) is 3.14. The van der Waals surface area contributed by atoms with Crippen LogP contribution in [0.15, 0.2) is 45.7 Å². The van der Waals surface area contributed by atoms with Crippen LogP contribution in [0.3, 0.4) is 0 Å². The van der Waals surface area contributed by atoms with Gasteiger partial charge >= 0.3 is 0 Å². The van der Waals surface area contributed by atoms with Crippen LogP contribution in [0.4, 0.5) is 5.69 Å². The molecule has 182 valence electrons. The summed E-state index contributed by atoms with van der Waals surface area (Å²) in [7, 11) is -0.599. The molecule has 0 unspecified atom stereocenters. The van der Waals surface area contributed by atoms with Gasteiger partial charge in [0.05, 0.1) is 24.8 Å². The number of carbonyl (C=O) groups excluding carboxylic acids is 1. The zero-order valence-electron chi connectivity index (χ0n) is 20.0. The topological polar surface area (TPSA) is 98.1 Å². The molecule has 8 nitrogen and oxygen atoms in total. The number of piperidine rings is 1. The van der Waals surface area contributed by atoms with Crippen LogP contribution in [0.2, 0.25) is 0 Å². The zero-order valence-corrected chi connectivity index (χ0v) is 20.9. The highest BCUT2D eigenvalue weighted by Gasteiger charge is 2.32. The standard InChI is InChI=1S/C25H30N2O6S/c1-15-10-16(2)14-27(13-15)34(29,30)19-7-9-22-20(12-19)17(3)24(33-22)25(28)26-21-8-6-18(31-4)11-23(21)32-5/h6-9,11-12,15-16H,10,13-14H2,1-5H3,(H,26,28)/t15-,16-/m1/s1. The fourth-order valence-electron chi connectivity index (χ4n) is 4.61. The van der Waals surface area contributed by atoms with Gasteiger partial charge in [-0.05, 0) is 55.5 Å². The summed E-state index contributed by atoms with van der Waals surface area (Å²) in [4.78, 5) is 13.2. The lowest BCUT2D eigenvalue weighted by Gasteiger charge is -2.34. The monoisotopic (exact) mass is 486 g/mol. The summed E-state index contributed by atoms with van der Waals surface area (Å²) in [6.45, 7) is 6.90. The number of ether oxygens (including phenoxy) is 2. The minimum Gasteiger partial charge on any atom is -0.497 e. The second-order valence-corrected chi connectivity index (χ2v) is 10.9. The van der Waals surface area contributed by atoms with Gasteiger partial charge in [0.1, 0.15) is 17.1 Å². The Morgan fingerprint density at radius 1 is 1.06 bits per heavy atom. The summed E-state index contributed by atoms with van der Waals surface area (Å²) in [6, 6.07) is 9.80. The number of benzene rings is 2. The smallest absolute Gasteiger partial charge is 0.291 e. The van der Waals surface area contributed by atoms with Crippen molar-refractivity contribution in [2.75, 3.05) is 32.6 Å². The molecule has 1 fully saturated rings. The van der Waals surface area contributed by atoms with Crippen molar-refractivity contribution in [2.45, 2.75) is 32.1 Å². The molecule has 0 bridgehead atoms. The number of carbonyl (C=O) groups is 1. The van der Waals surface area contributed by atoms with Crippen LogP contribution in [0.25, 0.3) is 11.0 Å². The molecule has 34 heavy (non-hydrogen) atoms. The van der Waals surface area contributed by atoms with E-state index in [1.165, 1.54) is 7.11 Å². The molecule has 2 atom stereocenters. The third-order valence-corrected chi connectivity index (χ3v) is 8.07. The maximum absolute atomic E-state index is 13.3. The van der Waals surface area contributed by atoms with E-state index in [1.807, 2.05) is 0 Å². The minimum atomic E-state index is -3.65. The lowest BCUT2D eigenvalue weighted by Crippen LogP contribution is -2.42. The Morgan fingerprint density at radius 2 is 1.76 bits per heavy atom. The van der Waals surface area contributed by atoms with Crippen molar-refractivity contribution in [1.29, 1.82) is 0 Å². The largest absolute Gasteiger partial charge is 0.497 e. The van der Waals surface area contributed by atoms with Crippen molar-refractivity contribution in [2.24, 2.45) is 11.8 Å². The summed E-state index contributed by atoms with van der Waals surface area (Å²) < 4.78 is 44.6. The first-order valence-corrected chi connectivity index (χ1v) is 12.6. The third kappa shape index (κ3) is 4.50. The minimum absolute atomic E-state index is 0.114. The van der Waals surface area contributed by atoms with Crippen LogP contribution in [-0.4, -0.2) is 45.9 Å². The van der Waals surface area contributed by atoms with Gasteiger partial charge in [0, 0.05) is 30.1 Å². The number of fused-ring (bicyclic) bond motifs is 1. The highest BCUT2D eigenvalue weighted by Crippen LogP contribution is 2.33. The molecule has 4 rings (SSSR count). The fraction of sp³-hybridized carbons (Fsp3) is 0.400. The second kappa shape index (κ2) is 9.31. The summed E-state index contributed by atoms with van der Waals surface area (Å²) in [6.07, 6.45) is 1.02. The predicted molar refractivity (Wildman–Crippen MR) is 130 cm³/mol. The molecule has 2 heterocycles. The maximum Gasteiger partial charge on any atom is 0.291 e. The third-order valence-electron chi connectivity index (χ3n) is 6.24. The lowest BCUT2D eigenvalue weighted by molar-refractivity contribution is 0.0997. The first kappa shape index (κ1) is 24.1. The highest BCUT2D eigenvalue weighted by molar-refractivity contribution is 7.89. The number of amides is 1. The van der Waals surface area contributed by atoms with Crippen molar-refractivity contribution in [3.8, 4) is 11.5 Å². The Morgan fingerprint density at radius 3 is 2.41 bits per heavy atom. The van der Waals surface area contributed by atoms with Crippen LogP contribution in [0.5, 0.6) is 11.5 Å². The number of hydrogen-bond donors (Lipinski definition) is 1. The quantitative estimate of drug-likeness (QED) is 0.543. The normalized spacial score (nSPS) is 19.2. The number of rotatable bonds is 6. The summed E-state index contributed by atoms with van der Waals surface area (Å²) >= 11 is 0. The van der Waals surface area contributed by atoms with Crippen molar-refractivity contribution < 1.29 is 27.1 Å². The molecule has 2 aromatic carbocycles. The fourth-order valence-corrected chi connectivity index (χ4v) is 6.32. The Kier molecular flexibility index (Phi) is 6.60. The van der Waals surface area contributed by atoms with E-state index in [-0.39, 0.29) is 10.7 Å². The van der Waals surface area contributed by atoms with Crippen LogP contribution in [-0.2, 0) is 10.0 Å². The van der Waals surface area contributed by atoms with E-state index in [1.54, 1.807) is 54.7 Å². The number of aryl methyl sites for hydroxylation is 1. The molecular weight excluding hydrogens is 456 g/mol. The zero-order chi connectivity index (χ0) is 24.6. The molecule has 0 radical (unpaired) electrons. The van der Waals surface area contributed by atoms with Crippen LogP contribution >= 0.6 is 0 Å². The van der Waals surface area contributed by atoms with Gasteiger partial charge in [-0.15, -0.1) is 0 Å². The second-order valence-electron chi connectivity index (χ2n) is 9.00. The first-order chi connectivity index (χ1) is 16.1. The first-order valence-electron chi connectivity index (χ1n) is 11.2. The lowest BCUT2D eigenvalue weighted by atomic mass is 9.94. The SMILES string of the molecule is COc1ccc(NC(=O)c2oc3ccc(S(=O)(=O)N4C[C@H](C)C[C@@H](C)C4)cc3c2C)c(OC)c1. The van der Waals surface area contributed by atoms with Gasteiger partial charge in [0.25, 0.3) is 5.91 Å². The molecule has 0 aliphatic carbocycles. The number of anilines is 1. The van der Waals surface area contributed by atoms with Gasteiger partial charge in [0.15, 0.2) is 5.76 Å². The van der Waals surface area contributed by atoms with E-state index in [4.69, 9.17) is 13.9 Å². The molecule has 0 saturated carbocycles. The van der Waals surface area contributed by atoms with E-state index in [0.717, 1.165) is 6.42 Å². The molecule has 1 amide bonds. The predicted octanol–water partition coefficient (Wildman–Crippen LogP) is 4.68. The molecular formula is C25H30N2O6S. The molecule has 1 aliphatic heterocycles. The highest BCUT2D eigenvalue weighted by atomic mass is 32.2. The van der Waals surface area contributed by atoms with Gasteiger partial charge < -0.3 is 19.2 Å². The molecule has 1 saturated heterocycles. The molecule has 1 aliphatic rings. The van der Waals surface area contributed by atoms with Gasteiger partial charge in [-0.25, -0.2) is 8.42 Å². The van der Waals surface area contributed by atoms with E-state index in [9.17, 15) is 13.2 Å². The number of nitrogens with zero attached hydrogens (tertiary/aromatic N) is 1. The Hall–Kier alpha value is -3.04. The Bertz CT molecular complexity index is 1320. The van der Waals surface area contributed by atoms with Gasteiger partial charge in [-0.1, -0.05) is 13.8 Å². The van der Waals surface area contributed by atoms with Crippen molar-refractivity contribution >= 4 is 32.6 Å². The van der Waals surface area contributed by atoms with Crippen molar-refractivity contribution in [3.05, 3.63) is 47.7 Å². The van der Waals surface area contributed by atoms with Crippen LogP contribution < -0.4 is 14.8 Å². The summed E-state index contributed by atoms with van der Waals surface area (Å²) in [5.74, 6) is 1.31. The van der Waals surface area contributed by atoms with Gasteiger partial charge in [-0.3, -0.25) is 4.79 Å². The number of furan rings is 1. The van der Waals surface area contributed by atoms with E-state index in [2.05, 4.69) is 19.2 Å². The van der Waals surface area contributed by atoms with E-state index < -0.39 is 15.9 Å². The average molecular weight is 487 g/mol. The van der Waals surface area contributed by atoms with Gasteiger partial charge in [-0.2, -0.15) is 4.31 Å². The molecule has 9 heteroatoms. The molecule has 1 aromatic heterocycles. The van der Waals surface area contributed by atoms with Crippen molar-refractivity contribution in [1.82, 2.24) is 4.31 Å². The van der Waals surface area contributed by atoms with Crippen molar-refractivity contribution in [3.63, 3.8) is 0 Å². The molecule has 3 aromatic rings. The summed E-state index contributed by atoms with van der Waals surface area (Å²) in [5, 5.41) is 3.39. The summed E-state index contributed by atoms with van der Waals surface area (Å²) in [5.41, 5.74) is 1.48. The van der Waals surface area contributed by atoms with Crippen LogP contribution in [0, 0.1) is 18.8 Å². The van der Waals surface area contributed by atoms with E-state index in [0.29, 0.717) is 58.6 Å². The number of methoxy groups -OCH3 is 2.